The van der Waals surface area contributed by atoms with Crippen LogP contribution in [0.2, 0.25) is 0 Å². The van der Waals surface area contributed by atoms with Crippen molar-refractivity contribution in [1.29, 1.82) is 5.26 Å². The number of carboxylic acids is 1. The number of pyridine rings is 1. The molecule has 0 radical (unpaired) electrons. The molecule has 0 amide bonds. The van der Waals surface area contributed by atoms with E-state index in [2.05, 4.69) is 4.98 Å². The number of carbonyl (C=O) groups is 1. The van der Waals surface area contributed by atoms with Crippen LogP contribution in [0.5, 0.6) is 5.75 Å². The van der Waals surface area contributed by atoms with E-state index in [9.17, 15) is 23.1 Å². The summed E-state index contributed by atoms with van der Waals surface area (Å²) in [4.78, 5) is 22.9. The molecule has 228 valence electrons. The Bertz CT molecular complexity index is 1740. The van der Waals surface area contributed by atoms with Crippen molar-refractivity contribution in [2.75, 3.05) is 19.8 Å². The number of ether oxygens (including phenoxy) is 2. The van der Waals surface area contributed by atoms with Crippen LogP contribution in [0, 0.1) is 23.0 Å². The standard InChI is InChI=1S/C32H30F3N5O4/c33-14-22-12-21(26-5-3-24(34)28(37-26)18-44-30-6-1-19(15-36)11-25(30)35)16-39(22)17-31-38-27-4-2-20(32(41)42)13-29(27)40(31)9-7-23-8-10-43-23/h1-6,11,13,21-23H,7-10,12,14,16-18H2,(H,41,42)/t21?,22-,23?/m1/s1. The second-order valence-corrected chi connectivity index (χ2v) is 11.1. The summed E-state index contributed by atoms with van der Waals surface area (Å²) < 4.78 is 56.3. The minimum absolute atomic E-state index is 0.00394. The van der Waals surface area contributed by atoms with Crippen LogP contribution in [0.3, 0.4) is 0 Å². The van der Waals surface area contributed by atoms with Gasteiger partial charge in [-0.3, -0.25) is 9.88 Å². The van der Waals surface area contributed by atoms with E-state index >= 15 is 0 Å². The molecule has 0 spiro atoms. The van der Waals surface area contributed by atoms with Gasteiger partial charge in [0, 0.05) is 37.4 Å². The van der Waals surface area contributed by atoms with Gasteiger partial charge in [0.15, 0.2) is 11.6 Å². The van der Waals surface area contributed by atoms with E-state index < -0.39 is 30.3 Å². The molecular formula is C32H30F3N5O4. The molecule has 2 fully saturated rings. The second kappa shape index (κ2) is 12.6. The van der Waals surface area contributed by atoms with Gasteiger partial charge in [-0.2, -0.15) is 5.26 Å². The van der Waals surface area contributed by atoms with Gasteiger partial charge >= 0.3 is 5.97 Å². The van der Waals surface area contributed by atoms with E-state index in [1.807, 2.05) is 15.5 Å². The van der Waals surface area contributed by atoms with Crippen molar-refractivity contribution in [3.05, 3.63) is 88.5 Å². The van der Waals surface area contributed by atoms with Crippen molar-refractivity contribution >= 4 is 17.0 Å². The van der Waals surface area contributed by atoms with Crippen molar-refractivity contribution < 1.29 is 32.5 Å². The summed E-state index contributed by atoms with van der Waals surface area (Å²) in [6.45, 7) is 1.19. The van der Waals surface area contributed by atoms with Crippen LogP contribution < -0.4 is 4.74 Å². The molecule has 2 aromatic carbocycles. The Kier molecular flexibility index (Phi) is 8.50. The molecule has 2 saturated heterocycles. The van der Waals surface area contributed by atoms with E-state index in [0.717, 1.165) is 25.5 Å². The third-order valence-corrected chi connectivity index (χ3v) is 8.38. The molecule has 2 aliphatic heterocycles. The van der Waals surface area contributed by atoms with Crippen LogP contribution in [0.1, 0.15) is 58.3 Å². The lowest BCUT2D eigenvalue weighted by Crippen LogP contribution is -2.32. The second-order valence-electron chi connectivity index (χ2n) is 11.1. The first-order chi connectivity index (χ1) is 21.3. The Morgan fingerprint density at radius 3 is 2.68 bits per heavy atom. The highest BCUT2D eigenvalue weighted by atomic mass is 19.1. The number of carboxylic acid groups (broad SMARTS) is 1. The lowest BCUT2D eigenvalue weighted by atomic mass is 10.0. The number of hydrogen-bond donors (Lipinski definition) is 1. The van der Waals surface area contributed by atoms with Gasteiger partial charge < -0.3 is 19.1 Å². The van der Waals surface area contributed by atoms with Gasteiger partial charge in [-0.1, -0.05) is 0 Å². The van der Waals surface area contributed by atoms with Gasteiger partial charge in [-0.15, -0.1) is 0 Å². The van der Waals surface area contributed by atoms with Gasteiger partial charge in [0.05, 0.1) is 40.9 Å². The molecule has 4 heterocycles. The van der Waals surface area contributed by atoms with Crippen LogP contribution in [0.4, 0.5) is 13.2 Å². The van der Waals surface area contributed by atoms with Crippen LogP contribution in [-0.2, 0) is 24.4 Å². The largest absolute Gasteiger partial charge is 0.484 e. The van der Waals surface area contributed by atoms with Crippen molar-refractivity contribution in [2.45, 2.75) is 57.0 Å². The zero-order valence-corrected chi connectivity index (χ0v) is 23.8. The normalized spacial score (nSPS) is 20.0. The van der Waals surface area contributed by atoms with Crippen LogP contribution in [-0.4, -0.2) is 62.5 Å². The number of aromatic nitrogens is 3. The summed E-state index contributed by atoms with van der Waals surface area (Å²) >= 11 is 0. The molecular weight excluding hydrogens is 575 g/mol. The van der Waals surface area contributed by atoms with E-state index in [1.54, 1.807) is 18.2 Å². The third-order valence-electron chi connectivity index (χ3n) is 8.38. The van der Waals surface area contributed by atoms with Crippen LogP contribution >= 0.6 is 0 Å². The SMILES string of the molecule is N#Cc1ccc(OCc2nc(C3C[C@H](CF)N(Cc4nc5ccc(C(=O)O)cc5n4CCC4CCO4)C3)ccc2F)c(F)c1. The number of benzene rings is 2. The zero-order valence-electron chi connectivity index (χ0n) is 23.8. The highest BCUT2D eigenvalue weighted by molar-refractivity contribution is 5.92. The monoisotopic (exact) mass is 605 g/mol. The predicted molar refractivity (Wildman–Crippen MR) is 153 cm³/mol. The van der Waals surface area contributed by atoms with Gasteiger partial charge in [-0.25, -0.2) is 22.9 Å². The molecule has 1 N–H and O–H groups in total. The Morgan fingerprint density at radius 1 is 1.14 bits per heavy atom. The van der Waals surface area contributed by atoms with E-state index in [4.69, 9.17) is 19.7 Å². The highest BCUT2D eigenvalue weighted by Crippen LogP contribution is 2.34. The lowest BCUT2D eigenvalue weighted by Gasteiger charge is -2.27. The predicted octanol–water partition coefficient (Wildman–Crippen LogP) is 5.36. The first-order valence-electron chi connectivity index (χ1n) is 14.4. The van der Waals surface area contributed by atoms with Gasteiger partial charge in [0.2, 0.25) is 0 Å². The fraction of sp³-hybridized carbons (Fsp3) is 0.375. The van der Waals surface area contributed by atoms with Gasteiger partial charge in [0.1, 0.15) is 30.6 Å². The molecule has 4 aromatic rings. The third kappa shape index (κ3) is 6.11. The van der Waals surface area contributed by atoms with Crippen LogP contribution in [0.15, 0.2) is 48.5 Å². The number of halogens is 3. The smallest absolute Gasteiger partial charge is 0.335 e. The molecule has 44 heavy (non-hydrogen) atoms. The summed E-state index contributed by atoms with van der Waals surface area (Å²) in [5.74, 6) is -1.98. The molecule has 12 heteroatoms. The quantitative estimate of drug-likeness (QED) is 0.243. The van der Waals surface area contributed by atoms with Gasteiger partial charge in [-0.05, 0) is 67.8 Å². The first kappa shape index (κ1) is 29.6. The minimum Gasteiger partial charge on any atom is -0.484 e. The van der Waals surface area contributed by atoms with E-state index in [1.165, 1.54) is 24.3 Å². The lowest BCUT2D eigenvalue weighted by molar-refractivity contribution is -0.0564. The molecule has 2 aromatic heterocycles. The van der Waals surface area contributed by atoms with Gasteiger partial charge in [0.25, 0.3) is 0 Å². The van der Waals surface area contributed by atoms with Crippen LogP contribution in [0.25, 0.3) is 11.0 Å². The molecule has 2 aliphatic rings. The Balaban J connectivity index is 1.20. The summed E-state index contributed by atoms with van der Waals surface area (Å²) in [7, 11) is 0. The molecule has 9 nitrogen and oxygen atoms in total. The first-order valence-corrected chi connectivity index (χ1v) is 14.4. The molecule has 2 unspecified atom stereocenters. The number of hydrogen-bond acceptors (Lipinski definition) is 7. The number of alkyl halides is 1. The maximum absolute atomic E-state index is 14.7. The van der Waals surface area contributed by atoms with E-state index in [-0.39, 0.29) is 41.2 Å². The highest BCUT2D eigenvalue weighted by Gasteiger charge is 2.35. The molecule has 6 rings (SSSR count). The Hall–Kier alpha value is -4.47. The average Bonchev–Trinajstić information content (AvgIpc) is 3.56. The van der Waals surface area contributed by atoms with Crippen molar-refractivity contribution in [3.63, 3.8) is 0 Å². The zero-order chi connectivity index (χ0) is 30.8. The van der Waals surface area contributed by atoms with Crippen molar-refractivity contribution in [2.24, 2.45) is 0 Å². The van der Waals surface area contributed by atoms with Crippen molar-refractivity contribution in [3.8, 4) is 11.8 Å². The van der Waals surface area contributed by atoms with E-state index in [0.29, 0.717) is 48.6 Å². The summed E-state index contributed by atoms with van der Waals surface area (Å²) in [6, 6.07) is 12.9. The summed E-state index contributed by atoms with van der Waals surface area (Å²) in [6.07, 6.45) is 2.33. The number of fused-ring (bicyclic) bond motifs is 1. The number of nitrogens with zero attached hydrogens (tertiary/aromatic N) is 5. The number of aromatic carboxylic acids is 1. The summed E-state index contributed by atoms with van der Waals surface area (Å²) in [5, 5.41) is 18.5. The number of imidazole rings is 1. The molecule has 3 atom stereocenters. The fourth-order valence-corrected chi connectivity index (χ4v) is 5.86. The number of nitriles is 1. The van der Waals surface area contributed by atoms with Crippen molar-refractivity contribution in [1.82, 2.24) is 19.4 Å². The summed E-state index contributed by atoms with van der Waals surface area (Å²) in [5.41, 5.74) is 2.24. The molecule has 0 aliphatic carbocycles. The Labute approximate surface area is 251 Å². The molecule has 0 saturated carbocycles. The number of rotatable bonds is 11. The minimum atomic E-state index is -1.03. The molecule has 0 bridgehead atoms. The fourth-order valence-electron chi connectivity index (χ4n) is 5.86. The maximum Gasteiger partial charge on any atom is 0.335 e. The average molecular weight is 606 g/mol. The Morgan fingerprint density at radius 2 is 1.98 bits per heavy atom. The number of aryl methyl sites for hydroxylation is 1. The topological polar surface area (TPSA) is 114 Å². The number of likely N-dealkylation sites (tertiary alicyclic amines) is 1. The maximum atomic E-state index is 14.7.